The highest BCUT2D eigenvalue weighted by molar-refractivity contribution is 7.92. The molecule has 0 aliphatic carbocycles. The number of aryl methyl sites for hydroxylation is 1. The van der Waals surface area contributed by atoms with Crippen LogP contribution in [-0.4, -0.2) is 46.8 Å². The van der Waals surface area contributed by atoms with Gasteiger partial charge in [0.15, 0.2) is 0 Å². The number of benzene rings is 2. The lowest BCUT2D eigenvalue weighted by Gasteiger charge is -2.29. The van der Waals surface area contributed by atoms with Gasteiger partial charge in [0.25, 0.3) is 0 Å². The molecule has 0 saturated heterocycles. The van der Waals surface area contributed by atoms with Crippen LogP contribution in [-0.2, 0) is 19.6 Å². The zero-order valence-corrected chi connectivity index (χ0v) is 17.7. The number of sulfonamides is 1. The number of carbonyl (C=O) groups is 2. The maximum Gasteiger partial charge on any atom is 0.337 e. The number of esters is 1. The molecule has 0 spiro atoms. The van der Waals surface area contributed by atoms with Crippen LogP contribution in [0, 0.1) is 6.92 Å². The largest absolute Gasteiger partial charge is 0.495 e. The molecule has 0 aromatic heterocycles. The minimum atomic E-state index is -3.81. The average Bonchev–Trinajstić information content (AvgIpc) is 2.66. The van der Waals surface area contributed by atoms with Crippen molar-refractivity contribution < 1.29 is 27.5 Å². The lowest BCUT2D eigenvalue weighted by molar-refractivity contribution is -0.116. The molecule has 2 aromatic rings. The lowest BCUT2D eigenvalue weighted by atomic mass is 10.1. The lowest BCUT2D eigenvalue weighted by Crippen LogP contribution is -2.45. The first-order valence-corrected chi connectivity index (χ1v) is 10.6. The molecule has 0 unspecified atom stereocenters. The van der Waals surface area contributed by atoms with Crippen LogP contribution in [0.5, 0.6) is 5.75 Å². The molecule has 29 heavy (non-hydrogen) atoms. The summed E-state index contributed by atoms with van der Waals surface area (Å²) in [5.74, 6) is -0.786. The monoisotopic (exact) mass is 420 g/mol. The zero-order valence-electron chi connectivity index (χ0n) is 16.9. The number of ether oxygens (including phenoxy) is 2. The fourth-order valence-corrected chi connectivity index (χ4v) is 4.01. The maximum absolute atomic E-state index is 12.8. The Kier molecular flexibility index (Phi) is 6.86. The van der Waals surface area contributed by atoms with E-state index in [2.05, 4.69) is 10.1 Å². The van der Waals surface area contributed by atoms with Gasteiger partial charge >= 0.3 is 5.97 Å². The van der Waals surface area contributed by atoms with E-state index >= 15 is 0 Å². The molecule has 1 amide bonds. The van der Waals surface area contributed by atoms with Crippen LogP contribution in [0.3, 0.4) is 0 Å². The minimum Gasteiger partial charge on any atom is -0.495 e. The molecule has 156 valence electrons. The maximum atomic E-state index is 12.8. The summed E-state index contributed by atoms with van der Waals surface area (Å²) in [6, 6.07) is 10.2. The molecule has 1 atom stereocenters. The van der Waals surface area contributed by atoms with E-state index in [1.54, 1.807) is 36.4 Å². The summed E-state index contributed by atoms with van der Waals surface area (Å²) < 4.78 is 36.0. The zero-order chi connectivity index (χ0) is 21.8. The van der Waals surface area contributed by atoms with Crippen LogP contribution in [0.15, 0.2) is 42.5 Å². The van der Waals surface area contributed by atoms with E-state index in [1.807, 2.05) is 6.92 Å². The second-order valence-electron chi connectivity index (χ2n) is 6.47. The Bertz CT molecular complexity index is 1020. The molecule has 0 bridgehead atoms. The van der Waals surface area contributed by atoms with Gasteiger partial charge in [0.2, 0.25) is 15.9 Å². The third kappa shape index (κ3) is 5.26. The fraction of sp³-hybridized carbons (Fsp3) is 0.300. The summed E-state index contributed by atoms with van der Waals surface area (Å²) in [5, 5.41) is 2.64. The fourth-order valence-electron chi connectivity index (χ4n) is 2.84. The summed E-state index contributed by atoms with van der Waals surface area (Å²) >= 11 is 0. The Labute approximate surface area is 170 Å². The summed E-state index contributed by atoms with van der Waals surface area (Å²) in [5.41, 5.74) is 1.68. The van der Waals surface area contributed by atoms with Crippen molar-refractivity contribution in [2.75, 3.05) is 30.1 Å². The van der Waals surface area contributed by atoms with Gasteiger partial charge in [-0.25, -0.2) is 13.2 Å². The number of rotatable bonds is 7. The van der Waals surface area contributed by atoms with Gasteiger partial charge < -0.3 is 14.8 Å². The van der Waals surface area contributed by atoms with Gasteiger partial charge in [0, 0.05) is 5.69 Å². The molecule has 8 nitrogen and oxygen atoms in total. The van der Waals surface area contributed by atoms with Crippen molar-refractivity contribution in [3.8, 4) is 5.75 Å². The van der Waals surface area contributed by atoms with E-state index in [-0.39, 0.29) is 11.3 Å². The Morgan fingerprint density at radius 2 is 1.79 bits per heavy atom. The summed E-state index contributed by atoms with van der Waals surface area (Å²) in [6.45, 7) is 3.29. The number of nitrogens with zero attached hydrogens (tertiary/aromatic N) is 1. The van der Waals surface area contributed by atoms with E-state index in [0.29, 0.717) is 11.4 Å². The van der Waals surface area contributed by atoms with Crippen molar-refractivity contribution >= 4 is 33.3 Å². The molecule has 0 saturated carbocycles. The van der Waals surface area contributed by atoms with E-state index in [9.17, 15) is 18.0 Å². The van der Waals surface area contributed by atoms with E-state index in [1.165, 1.54) is 27.2 Å². The Morgan fingerprint density at radius 3 is 2.38 bits per heavy atom. The van der Waals surface area contributed by atoms with Gasteiger partial charge in [-0.3, -0.25) is 9.10 Å². The first kappa shape index (κ1) is 22.2. The number of nitrogens with one attached hydrogen (secondary N) is 1. The highest BCUT2D eigenvalue weighted by Crippen LogP contribution is 2.32. The van der Waals surface area contributed by atoms with Gasteiger partial charge in [-0.05, 0) is 49.7 Å². The Balaban J connectivity index is 2.38. The number of amides is 1. The first-order chi connectivity index (χ1) is 13.6. The summed E-state index contributed by atoms with van der Waals surface area (Å²) in [6.07, 6.45) is 1.02. The van der Waals surface area contributed by atoms with Crippen molar-refractivity contribution in [1.82, 2.24) is 0 Å². The molecule has 2 rings (SSSR count). The van der Waals surface area contributed by atoms with Gasteiger partial charge in [-0.1, -0.05) is 12.1 Å². The molecule has 1 N–H and O–H groups in total. The third-order valence-corrected chi connectivity index (χ3v) is 5.44. The van der Waals surface area contributed by atoms with Crippen LogP contribution in [0.25, 0.3) is 0 Å². The van der Waals surface area contributed by atoms with Crippen LogP contribution in [0.2, 0.25) is 0 Å². The molecule has 0 aliphatic rings. The topological polar surface area (TPSA) is 102 Å². The van der Waals surface area contributed by atoms with Crippen LogP contribution in [0.1, 0.15) is 22.8 Å². The van der Waals surface area contributed by atoms with Gasteiger partial charge in [0.1, 0.15) is 11.8 Å². The second-order valence-corrected chi connectivity index (χ2v) is 8.33. The van der Waals surface area contributed by atoms with E-state index in [4.69, 9.17) is 4.74 Å². The summed E-state index contributed by atoms with van der Waals surface area (Å²) in [4.78, 5) is 24.5. The Morgan fingerprint density at radius 1 is 1.10 bits per heavy atom. The normalized spacial score (nSPS) is 12.0. The molecule has 0 fully saturated rings. The predicted octanol–water partition coefficient (Wildman–Crippen LogP) is 2.58. The SMILES string of the molecule is COC(=O)c1cccc(NC(=O)[C@@H](C)N(c2cc(C)ccc2OC)S(C)(=O)=O)c1. The second kappa shape index (κ2) is 8.95. The summed E-state index contributed by atoms with van der Waals surface area (Å²) in [7, 11) is -1.12. The van der Waals surface area contributed by atoms with Crippen molar-refractivity contribution in [1.29, 1.82) is 0 Å². The first-order valence-electron chi connectivity index (χ1n) is 8.71. The standard InChI is InChI=1S/C20H24N2O6S/c1-13-9-10-18(27-3)17(11-13)22(29(5,25)26)14(2)19(23)21-16-8-6-7-15(12-16)20(24)28-4/h6-12,14H,1-5H3,(H,21,23)/t14-/m1/s1. The quantitative estimate of drug-likeness (QED) is 0.691. The molecule has 0 radical (unpaired) electrons. The predicted molar refractivity (Wildman–Crippen MR) is 111 cm³/mol. The highest BCUT2D eigenvalue weighted by Gasteiger charge is 2.31. The van der Waals surface area contributed by atoms with Crippen LogP contribution in [0.4, 0.5) is 11.4 Å². The molecule has 0 aliphatic heterocycles. The third-order valence-electron chi connectivity index (χ3n) is 4.21. The highest BCUT2D eigenvalue weighted by atomic mass is 32.2. The van der Waals surface area contributed by atoms with Crippen molar-refractivity contribution in [3.05, 3.63) is 53.6 Å². The molecule has 2 aromatic carbocycles. The van der Waals surface area contributed by atoms with Crippen LogP contribution >= 0.6 is 0 Å². The molecular formula is C20H24N2O6S. The van der Waals surface area contributed by atoms with Crippen molar-refractivity contribution in [2.24, 2.45) is 0 Å². The van der Waals surface area contributed by atoms with E-state index < -0.39 is 27.9 Å². The molecular weight excluding hydrogens is 396 g/mol. The smallest absolute Gasteiger partial charge is 0.337 e. The van der Waals surface area contributed by atoms with E-state index in [0.717, 1.165) is 16.1 Å². The molecule has 9 heteroatoms. The number of methoxy groups -OCH3 is 2. The molecule has 0 heterocycles. The number of hydrogen-bond donors (Lipinski definition) is 1. The van der Waals surface area contributed by atoms with Crippen molar-refractivity contribution in [2.45, 2.75) is 19.9 Å². The van der Waals surface area contributed by atoms with Crippen molar-refractivity contribution in [3.63, 3.8) is 0 Å². The van der Waals surface area contributed by atoms with Crippen LogP contribution < -0.4 is 14.4 Å². The van der Waals surface area contributed by atoms with Gasteiger partial charge in [0.05, 0.1) is 31.7 Å². The number of hydrogen-bond acceptors (Lipinski definition) is 6. The number of carbonyl (C=O) groups excluding carboxylic acids is 2. The van der Waals surface area contributed by atoms with Gasteiger partial charge in [-0.15, -0.1) is 0 Å². The average molecular weight is 420 g/mol. The number of anilines is 2. The van der Waals surface area contributed by atoms with Gasteiger partial charge in [-0.2, -0.15) is 0 Å². The Hall–Kier alpha value is -3.07. The minimum absolute atomic E-state index is 0.262.